The number of nitrogens with zero attached hydrogens (tertiary/aromatic N) is 1. The molecule has 0 aliphatic carbocycles. The van der Waals surface area contributed by atoms with E-state index in [1.807, 2.05) is 41.3 Å². The third-order valence-electron chi connectivity index (χ3n) is 4.16. The van der Waals surface area contributed by atoms with Crippen LogP contribution >= 0.6 is 0 Å². The number of nitrogens with one attached hydrogen (secondary N) is 1. The molecule has 1 unspecified atom stereocenters. The number of rotatable bonds is 3. The van der Waals surface area contributed by atoms with Gasteiger partial charge in [0.2, 0.25) is 0 Å². The molecule has 2 heterocycles. The third-order valence-corrected chi connectivity index (χ3v) is 4.16. The van der Waals surface area contributed by atoms with Gasteiger partial charge in [-0.3, -0.25) is 4.79 Å². The first-order chi connectivity index (χ1) is 9.75. The summed E-state index contributed by atoms with van der Waals surface area (Å²) in [5, 5.41) is 9.85. The molecule has 0 spiro atoms. The van der Waals surface area contributed by atoms with Crippen molar-refractivity contribution in [1.29, 1.82) is 0 Å². The Morgan fingerprint density at radius 1 is 1.25 bits per heavy atom. The summed E-state index contributed by atoms with van der Waals surface area (Å²) >= 11 is 0. The van der Waals surface area contributed by atoms with Gasteiger partial charge in [-0.15, -0.1) is 0 Å². The fourth-order valence-corrected chi connectivity index (χ4v) is 2.93. The highest BCUT2D eigenvalue weighted by atomic mass is 16.3. The van der Waals surface area contributed by atoms with Gasteiger partial charge in [-0.25, -0.2) is 0 Å². The molecular weight excluding hydrogens is 252 g/mol. The lowest BCUT2D eigenvalue weighted by molar-refractivity contribution is 0.0769. The average molecular weight is 270 g/mol. The van der Waals surface area contributed by atoms with Crippen molar-refractivity contribution in [2.45, 2.75) is 11.8 Å². The van der Waals surface area contributed by atoms with E-state index in [4.69, 9.17) is 0 Å². The van der Waals surface area contributed by atoms with Crippen molar-refractivity contribution in [2.24, 2.45) is 0 Å². The monoisotopic (exact) mass is 270 g/mol. The minimum atomic E-state index is -0.330. The van der Waals surface area contributed by atoms with E-state index < -0.39 is 0 Å². The quantitative estimate of drug-likeness (QED) is 0.893. The molecule has 4 nitrogen and oxygen atoms in total. The normalized spacial score (nSPS) is 22.1. The van der Waals surface area contributed by atoms with E-state index in [1.54, 1.807) is 12.3 Å². The first-order valence-electron chi connectivity index (χ1n) is 6.84. The molecule has 1 aromatic carbocycles. The Balaban J connectivity index is 1.83. The summed E-state index contributed by atoms with van der Waals surface area (Å²) in [5.41, 5.74) is 1.37. The number of carbonyl (C=O) groups excluding carboxylic acids is 1. The van der Waals surface area contributed by atoms with Crippen LogP contribution in [0.2, 0.25) is 0 Å². The van der Waals surface area contributed by atoms with Crippen molar-refractivity contribution >= 4 is 5.91 Å². The van der Waals surface area contributed by atoms with E-state index in [9.17, 15) is 9.90 Å². The molecule has 2 N–H and O–H groups in total. The number of amides is 1. The van der Waals surface area contributed by atoms with Crippen molar-refractivity contribution < 1.29 is 9.90 Å². The molecule has 0 saturated carbocycles. The van der Waals surface area contributed by atoms with Crippen molar-refractivity contribution in [3.8, 4) is 0 Å². The highest BCUT2D eigenvalue weighted by Gasteiger charge is 2.41. The zero-order valence-corrected chi connectivity index (χ0v) is 11.2. The maximum atomic E-state index is 12.4. The maximum Gasteiger partial charge on any atom is 0.270 e. The highest BCUT2D eigenvalue weighted by molar-refractivity contribution is 5.92. The second kappa shape index (κ2) is 5.13. The molecule has 20 heavy (non-hydrogen) atoms. The van der Waals surface area contributed by atoms with Crippen LogP contribution in [-0.2, 0) is 5.41 Å². The summed E-state index contributed by atoms with van der Waals surface area (Å²) in [6.07, 6.45) is 2.54. The Morgan fingerprint density at radius 3 is 2.70 bits per heavy atom. The van der Waals surface area contributed by atoms with Crippen LogP contribution in [0.3, 0.4) is 0 Å². The molecule has 104 valence electrons. The predicted molar refractivity (Wildman–Crippen MR) is 76.5 cm³/mol. The Hall–Kier alpha value is -2.07. The number of aliphatic hydroxyl groups excluding tert-OH is 1. The number of benzene rings is 1. The van der Waals surface area contributed by atoms with E-state index in [0.717, 1.165) is 12.0 Å². The minimum absolute atomic E-state index is 0.00116. The Labute approximate surface area is 118 Å². The van der Waals surface area contributed by atoms with E-state index >= 15 is 0 Å². The molecule has 3 rings (SSSR count). The van der Waals surface area contributed by atoms with Crippen LogP contribution < -0.4 is 0 Å². The van der Waals surface area contributed by atoms with Crippen LogP contribution in [0.4, 0.5) is 0 Å². The van der Waals surface area contributed by atoms with Gasteiger partial charge in [0.15, 0.2) is 0 Å². The number of aliphatic hydroxyl groups is 1. The SMILES string of the molecule is O=C(c1ccc[nH]1)N1CCC(CO)(c2ccccc2)C1. The molecule has 1 amide bonds. The number of hydrogen-bond donors (Lipinski definition) is 2. The third kappa shape index (κ3) is 2.12. The first-order valence-corrected chi connectivity index (χ1v) is 6.84. The number of H-pyrrole nitrogens is 1. The average Bonchev–Trinajstić information content (AvgIpc) is 3.18. The topological polar surface area (TPSA) is 56.3 Å². The zero-order chi connectivity index (χ0) is 14.0. The number of aromatic amines is 1. The molecule has 1 atom stereocenters. The number of hydrogen-bond acceptors (Lipinski definition) is 2. The van der Waals surface area contributed by atoms with Crippen LogP contribution in [0.5, 0.6) is 0 Å². The molecule has 2 aromatic rings. The number of carbonyl (C=O) groups is 1. The van der Waals surface area contributed by atoms with Crippen LogP contribution in [0.25, 0.3) is 0 Å². The molecule has 1 aromatic heterocycles. The van der Waals surface area contributed by atoms with E-state index in [0.29, 0.717) is 18.8 Å². The van der Waals surface area contributed by atoms with Crippen LogP contribution in [-0.4, -0.2) is 40.6 Å². The summed E-state index contributed by atoms with van der Waals surface area (Å²) in [6, 6.07) is 13.6. The summed E-state index contributed by atoms with van der Waals surface area (Å²) in [6.45, 7) is 1.30. The van der Waals surface area contributed by atoms with Gasteiger partial charge in [0.25, 0.3) is 5.91 Å². The second-order valence-electron chi connectivity index (χ2n) is 5.36. The van der Waals surface area contributed by atoms with E-state index in [-0.39, 0.29) is 17.9 Å². The molecule has 0 radical (unpaired) electrons. The maximum absolute atomic E-state index is 12.4. The fraction of sp³-hybridized carbons (Fsp3) is 0.312. The summed E-state index contributed by atoms with van der Waals surface area (Å²) in [4.78, 5) is 17.1. The van der Waals surface area contributed by atoms with Crippen molar-refractivity contribution in [3.05, 3.63) is 59.9 Å². The molecule has 0 bridgehead atoms. The number of likely N-dealkylation sites (tertiary alicyclic amines) is 1. The van der Waals surface area contributed by atoms with Gasteiger partial charge in [-0.2, -0.15) is 0 Å². The standard InChI is InChI=1S/C16H18N2O2/c19-12-16(13-5-2-1-3-6-13)8-10-18(11-16)15(20)14-7-4-9-17-14/h1-7,9,17,19H,8,10-12H2. The zero-order valence-electron chi connectivity index (χ0n) is 11.2. The van der Waals surface area contributed by atoms with Gasteiger partial charge >= 0.3 is 0 Å². The van der Waals surface area contributed by atoms with Gasteiger partial charge in [-0.1, -0.05) is 30.3 Å². The number of aromatic nitrogens is 1. The van der Waals surface area contributed by atoms with Gasteiger partial charge in [-0.05, 0) is 24.1 Å². The lowest BCUT2D eigenvalue weighted by atomic mass is 9.80. The molecule has 1 aliphatic heterocycles. The molecular formula is C16H18N2O2. The van der Waals surface area contributed by atoms with Gasteiger partial charge in [0.05, 0.1) is 6.61 Å². The highest BCUT2D eigenvalue weighted by Crippen LogP contribution is 2.34. The smallest absolute Gasteiger partial charge is 0.270 e. The van der Waals surface area contributed by atoms with Crippen LogP contribution in [0.1, 0.15) is 22.5 Å². The Kier molecular flexibility index (Phi) is 3.32. The van der Waals surface area contributed by atoms with E-state index in [2.05, 4.69) is 4.98 Å². The molecule has 4 heteroatoms. The summed E-state index contributed by atoms with van der Waals surface area (Å²) in [5.74, 6) is 0.00116. The predicted octanol–water partition coefficient (Wildman–Crippen LogP) is 1.79. The van der Waals surface area contributed by atoms with Gasteiger partial charge < -0.3 is 15.0 Å². The minimum Gasteiger partial charge on any atom is -0.395 e. The van der Waals surface area contributed by atoms with Gasteiger partial charge in [0, 0.05) is 24.7 Å². The Bertz CT molecular complexity index is 580. The fourth-order valence-electron chi connectivity index (χ4n) is 2.93. The van der Waals surface area contributed by atoms with Crippen molar-refractivity contribution in [1.82, 2.24) is 9.88 Å². The Morgan fingerprint density at radius 2 is 2.05 bits per heavy atom. The first kappa shape index (κ1) is 12.9. The largest absolute Gasteiger partial charge is 0.395 e. The van der Waals surface area contributed by atoms with Crippen molar-refractivity contribution in [3.63, 3.8) is 0 Å². The van der Waals surface area contributed by atoms with Gasteiger partial charge in [0.1, 0.15) is 5.69 Å². The summed E-state index contributed by atoms with van der Waals surface area (Å²) in [7, 11) is 0. The van der Waals surface area contributed by atoms with E-state index in [1.165, 1.54) is 0 Å². The molecule has 1 saturated heterocycles. The van der Waals surface area contributed by atoms with Crippen molar-refractivity contribution in [2.75, 3.05) is 19.7 Å². The lowest BCUT2D eigenvalue weighted by Crippen LogP contribution is -2.37. The molecule has 1 fully saturated rings. The van der Waals surface area contributed by atoms with Crippen LogP contribution in [0, 0.1) is 0 Å². The summed E-state index contributed by atoms with van der Waals surface area (Å²) < 4.78 is 0. The molecule has 1 aliphatic rings. The second-order valence-corrected chi connectivity index (χ2v) is 5.36. The van der Waals surface area contributed by atoms with Crippen LogP contribution in [0.15, 0.2) is 48.7 Å². The lowest BCUT2D eigenvalue weighted by Gasteiger charge is -2.27.